The zero-order chi connectivity index (χ0) is 55.3. The number of alkyl carbamates (subject to hydrolysis) is 2. The zero-order valence-corrected chi connectivity index (χ0v) is 44.5. The van der Waals surface area contributed by atoms with Crippen LogP contribution in [0.4, 0.5) is 42.9 Å². The molecule has 4 aromatic carbocycles. The minimum atomic E-state index is -0.874. The predicted molar refractivity (Wildman–Crippen MR) is 282 cm³/mol. The van der Waals surface area contributed by atoms with Gasteiger partial charge in [-0.2, -0.15) is 0 Å². The molecule has 0 saturated carbocycles. The molecular formula is C57H65F5N10O6. The summed E-state index contributed by atoms with van der Waals surface area (Å²) >= 11 is 0. The standard InChI is InChI=1S/C57H65F5N10O6/c1-29(2)49(67-56(75)77-5)54(73)70-19-7-9-47(70)52-63-41-25-35(37(59)27-43(41)65-52)45-15-16-46(72(45)34-23-39(61)51(40(62)24-34)69-21-17-32(18-22-69)31-11-13-33(58)14-12-31)36-26-42-44(28-38(36)60)66-53(64-42)48-10-8-20-71(48)55(74)50(30(3)4)68-57(76)78-6/h11-14,23-30,32,45-50H,7-10,15-22H2,1-6H3,(H,63,65)(H,64,66)(H,67,75)(H,68,76)/t45-,46-,47+,48+,49+,50+/m1/s1. The molecule has 4 N–H and O–H groups in total. The summed E-state index contributed by atoms with van der Waals surface area (Å²) < 4.78 is 90.9. The first kappa shape index (κ1) is 53.9. The van der Waals surface area contributed by atoms with Crippen molar-refractivity contribution in [3.63, 3.8) is 0 Å². The largest absolute Gasteiger partial charge is 0.453 e. The van der Waals surface area contributed by atoms with Crippen LogP contribution in [-0.2, 0) is 19.1 Å². The molecule has 78 heavy (non-hydrogen) atoms. The first-order valence-corrected chi connectivity index (χ1v) is 26.9. The number of ether oxygens (including phenoxy) is 2. The Morgan fingerprint density at radius 3 is 1.45 bits per heavy atom. The van der Waals surface area contributed by atoms with Gasteiger partial charge in [0, 0.05) is 55.1 Å². The lowest BCUT2D eigenvalue weighted by Gasteiger charge is -2.36. The summed E-state index contributed by atoms with van der Waals surface area (Å²) in [6.07, 6.45) is 2.60. The summed E-state index contributed by atoms with van der Waals surface area (Å²) in [5.74, 6) is -3.54. The molecule has 0 spiro atoms. The van der Waals surface area contributed by atoms with Crippen molar-refractivity contribution in [2.45, 2.75) is 121 Å². The van der Waals surface area contributed by atoms with E-state index in [0.717, 1.165) is 5.56 Å². The number of fused-ring (bicyclic) bond motifs is 2. The Morgan fingerprint density at radius 1 is 0.577 bits per heavy atom. The molecule has 4 amide bonds. The summed E-state index contributed by atoms with van der Waals surface area (Å²) in [5, 5.41) is 5.29. The van der Waals surface area contributed by atoms with Crippen LogP contribution in [0.1, 0.15) is 137 Å². The minimum Gasteiger partial charge on any atom is -0.453 e. The van der Waals surface area contributed by atoms with Gasteiger partial charge in [-0.25, -0.2) is 41.5 Å². The van der Waals surface area contributed by atoms with Crippen molar-refractivity contribution in [2.24, 2.45) is 11.8 Å². The fraction of sp³-hybridized carbons (Fsp3) is 0.474. The van der Waals surface area contributed by atoms with Gasteiger partial charge in [0.25, 0.3) is 0 Å². The maximum atomic E-state index is 17.0. The number of nitrogens with zero attached hydrogens (tertiary/aromatic N) is 6. The number of carbonyl (C=O) groups is 4. The van der Waals surface area contributed by atoms with Crippen LogP contribution in [0.5, 0.6) is 0 Å². The first-order valence-electron chi connectivity index (χ1n) is 26.9. The topological polar surface area (TPSA) is 181 Å². The first-order chi connectivity index (χ1) is 37.4. The van der Waals surface area contributed by atoms with Gasteiger partial charge >= 0.3 is 12.2 Å². The Morgan fingerprint density at radius 2 is 1.03 bits per heavy atom. The molecule has 4 fully saturated rings. The van der Waals surface area contributed by atoms with Crippen molar-refractivity contribution in [2.75, 3.05) is 50.2 Å². The minimum absolute atomic E-state index is 0.0674. The smallest absolute Gasteiger partial charge is 0.407 e. The number of hydrogen-bond acceptors (Lipinski definition) is 10. The Kier molecular flexibility index (Phi) is 15.3. The third kappa shape index (κ3) is 10.4. The monoisotopic (exact) mass is 1080 g/mol. The number of benzene rings is 4. The third-order valence-corrected chi connectivity index (χ3v) is 16.3. The Balaban J connectivity index is 0.993. The molecule has 414 valence electrons. The van der Waals surface area contributed by atoms with Crippen LogP contribution in [0.15, 0.2) is 60.7 Å². The molecule has 21 heteroatoms. The van der Waals surface area contributed by atoms with E-state index in [4.69, 9.17) is 19.4 Å². The molecule has 4 aliphatic rings. The zero-order valence-electron chi connectivity index (χ0n) is 44.5. The van der Waals surface area contributed by atoms with Gasteiger partial charge in [0.2, 0.25) is 11.8 Å². The Labute approximate surface area is 448 Å². The Hall–Kier alpha value is -7.45. The van der Waals surface area contributed by atoms with Crippen LogP contribution >= 0.6 is 0 Å². The highest BCUT2D eigenvalue weighted by Gasteiger charge is 2.42. The molecule has 6 heterocycles. The molecule has 10 rings (SSSR count). The van der Waals surface area contributed by atoms with E-state index >= 15 is 17.6 Å². The average molecular weight is 1080 g/mol. The highest BCUT2D eigenvalue weighted by Crippen LogP contribution is 2.50. The molecular weight excluding hydrogens is 1020 g/mol. The van der Waals surface area contributed by atoms with Gasteiger partial charge in [-0.3, -0.25) is 9.59 Å². The fourth-order valence-corrected chi connectivity index (χ4v) is 12.3. The van der Waals surface area contributed by atoms with E-state index in [0.29, 0.717) is 87.4 Å². The second kappa shape index (κ2) is 22.1. The molecule has 16 nitrogen and oxygen atoms in total. The van der Waals surface area contributed by atoms with Gasteiger partial charge in [-0.15, -0.1) is 0 Å². The number of halogens is 5. The number of nitrogens with one attached hydrogen (secondary N) is 4. The van der Waals surface area contributed by atoms with Gasteiger partial charge in [-0.1, -0.05) is 39.8 Å². The number of imidazole rings is 2. The number of aromatic nitrogens is 4. The highest BCUT2D eigenvalue weighted by atomic mass is 19.1. The van der Waals surface area contributed by atoms with Crippen molar-refractivity contribution < 1.29 is 50.6 Å². The third-order valence-electron chi connectivity index (χ3n) is 16.3. The number of hydrogen-bond donors (Lipinski definition) is 4. The highest BCUT2D eigenvalue weighted by molar-refractivity contribution is 5.88. The van der Waals surface area contributed by atoms with Crippen molar-refractivity contribution >= 4 is 57.4 Å². The number of carbonyl (C=O) groups excluding carboxylic acids is 4. The van der Waals surface area contributed by atoms with Crippen LogP contribution in [0.2, 0.25) is 0 Å². The SMILES string of the molecule is COC(=O)N[C@H](C(=O)N1CCC[C@H]1c1nc2cc(F)c([C@H]3CC[C@H](c4cc5[nH]c([C@@H]6CCCN6C(=O)[C@@H](NC(=O)OC)C(C)C)nc5cc4F)N3c3cc(F)c(N4CCC(c5ccc(F)cc5)CC4)c(F)c3)cc2[nH]1)C(C)C. The van der Waals surface area contributed by atoms with Gasteiger partial charge in [0.15, 0.2) is 11.6 Å². The predicted octanol–water partition coefficient (Wildman–Crippen LogP) is 10.7. The quantitative estimate of drug-likeness (QED) is 0.0813. The molecule has 0 aliphatic carbocycles. The van der Waals surface area contributed by atoms with E-state index in [1.165, 1.54) is 50.6 Å². The lowest BCUT2D eigenvalue weighted by Crippen LogP contribution is -2.51. The lowest BCUT2D eigenvalue weighted by atomic mass is 9.89. The van der Waals surface area contributed by atoms with Crippen LogP contribution < -0.4 is 20.4 Å². The lowest BCUT2D eigenvalue weighted by molar-refractivity contribution is -0.136. The summed E-state index contributed by atoms with van der Waals surface area (Å²) in [6, 6.07) is 10.0. The molecule has 4 saturated heterocycles. The molecule has 2 aromatic heterocycles. The van der Waals surface area contributed by atoms with Crippen LogP contribution in [0, 0.1) is 40.9 Å². The summed E-state index contributed by atoms with van der Waals surface area (Å²) in [7, 11) is 2.45. The number of piperidine rings is 1. The van der Waals surface area contributed by atoms with Gasteiger partial charge < -0.3 is 49.7 Å². The van der Waals surface area contributed by atoms with Gasteiger partial charge in [0.1, 0.15) is 46.9 Å². The average Bonchev–Trinajstić information content (AvgIpc) is 4.48. The normalized spacial score (nSPS) is 20.8. The van der Waals surface area contributed by atoms with E-state index in [1.54, 1.807) is 43.9 Å². The van der Waals surface area contributed by atoms with Crippen molar-refractivity contribution in [1.29, 1.82) is 0 Å². The van der Waals surface area contributed by atoms with Crippen molar-refractivity contribution in [1.82, 2.24) is 40.4 Å². The molecule has 4 aliphatic heterocycles. The van der Waals surface area contributed by atoms with E-state index in [-0.39, 0.29) is 81.8 Å². The second-order valence-electron chi connectivity index (χ2n) is 21.7. The number of H-pyrrole nitrogens is 2. The maximum absolute atomic E-state index is 17.0. The maximum Gasteiger partial charge on any atom is 0.407 e. The van der Waals surface area contributed by atoms with Gasteiger partial charge in [-0.05, 0) is 111 Å². The molecule has 0 bridgehead atoms. The van der Waals surface area contributed by atoms with E-state index in [1.807, 2.05) is 27.7 Å². The number of aromatic amines is 2. The summed E-state index contributed by atoms with van der Waals surface area (Å²) in [6.45, 7) is 8.75. The number of likely N-dealkylation sites (tertiary alicyclic amines) is 2. The number of methoxy groups -OCH3 is 2. The number of anilines is 2. The molecule has 6 aromatic rings. The van der Waals surface area contributed by atoms with Crippen molar-refractivity contribution in [3.8, 4) is 0 Å². The second-order valence-corrected chi connectivity index (χ2v) is 21.7. The number of amides is 4. The van der Waals surface area contributed by atoms with Crippen LogP contribution in [-0.4, -0.2) is 106 Å². The summed E-state index contributed by atoms with van der Waals surface area (Å²) in [4.78, 5) is 75.2. The molecule has 0 radical (unpaired) electrons. The van der Waals surface area contributed by atoms with E-state index in [9.17, 15) is 23.6 Å². The van der Waals surface area contributed by atoms with E-state index < -0.39 is 71.7 Å². The van der Waals surface area contributed by atoms with E-state index in [2.05, 4.69) is 20.6 Å². The van der Waals surface area contributed by atoms with Gasteiger partial charge in [0.05, 0.1) is 60.5 Å². The van der Waals surface area contributed by atoms with Crippen LogP contribution in [0.25, 0.3) is 22.1 Å². The number of rotatable bonds is 13. The van der Waals surface area contributed by atoms with Crippen LogP contribution in [0.3, 0.4) is 0 Å². The summed E-state index contributed by atoms with van der Waals surface area (Å²) in [5.41, 5.74) is 2.64. The fourth-order valence-electron chi connectivity index (χ4n) is 12.3. The Bertz CT molecular complexity index is 3060. The van der Waals surface area contributed by atoms with Crippen molar-refractivity contribution in [3.05, 3.63) is 118 Å². The molecule has 0 unspecified atom stereocenters. The molecule has 6 atom stereocenters.